The third kappa shape index (κ3) is 2.46. The van der Waals surface area contributed by atoms with Crippen molar-refractivity contribution in [2.75, 3.05) is 6.54 Å². The molecule has 0 spiro atoms. The number of amides is 1. The van der Waals surface area contributed by atoms with Crippen molar-refractivity contribution in [3.05, 3.63) is 71.3 Å². The highest BCUT2D eigenvalue weighted by Gasteiger charge is 2.41. The molecule has 2 aromatic rings. The first kappa shape index (κ1) is 13.9. The summed E-state index contributed by atoms with van der Waals surface area (Å²) in [6.45, 7) is 5.08. The largest absolute Gasteiger partial charge is 0.329 e. The van der Waals surface area contributed by atoms with Gasteiger partial charge in [-0.2, -0.15) is 0 Å². The molecular weight excluding hydrogens is 258 g/mol. The summed E-state index contributed by atoms with van der Waals surface area (Å²) in [5.41, 5.74) is 3.14. The Kier molecular flexibility index (Phi) is 3.54. The monoisotopic (exact) mass is 279 g/mol. The van der Waals surface area contributed by atoms with Crippen LogP contribution in [0.3, 0.4) is 0 Å². The molecule has 0 unspecified atom stereocenters. The van der Waals surface area contributed by atoms with Gasteiger partial charge in [0.25, 0.3) is 5.91 Å². The maximum Gasteiger partial charge on any atom is 0.254 e. The fourth-order valence-corrected chi connectivity index (χ4v) is 3.21. The normalized spacial score (nSPS) is 16.1. The zero-order valence-corrected chi connectivity index (χ0v) is 12.7. The lowest BCUT2D eigenvalue weighted by molar-refractivity contribution is 0.0615. The van der Waals surface area contributed by atoms with Gasteiger partial charge in [0.1, 0.15) is 0 Å². The van der Waals surface area contributed by atoms with Gasteiger partial charge in [0, 0.05) is 12.1 Å². The average Bonchev–Trinajstić information content (AvgIpc) is 2.70. The molecule has 0 aromatic heterocycles. The minimum absolute atomic E-state index is 0.170. The van der Waals surface area contributed by atoms with Crippen molar-refractivity contribution < 1.29 is 4.79 Å². The second kappa shape index (κ2) is 5.36. The minimum atomic E-state index is -0.204. The van der Waals surface area contributed by atoms with E-state index in [1.165, 1.54) is 5.56 Å². The molecule has 1 amide bonds. The molecule has 2 nitrogen and oxygen atoms in total. The van der Waals surface area contributed by atoms with Gasteiger partial charge in [-0.05, 0) is 43.9 Å². The number of fused-ring (bicyclic) bond motifs is 1. The zero-order valence-electron chi connectivity index (χ0n) is 12.7. The van der Waals surface area contributed by atoms with Crippen molar-refractivity contribution in [1.29, 1.82) is 0 Å². The molecule has 0 saturated heterocycles. The van der Waals surface area contributed by atoms with Gasteiger partial charge in [-0.1, -0.05) is 48.5 Å². The molecule has 0 fully saturated rings. The molecular formula is C19H21NO. The van der Waals surface area contributed by atoms with Crippen molar-refractivity contribution in [2.45, 2.75) is 32.2 Å². The van der Waals surface area contributed by atoms with E-state index >= 15 is 0 Å². The van der Waals surface area contributed by atoms with Gasteiger partial charge in [-0.25, -0.2) is 0 Å². The zero-order chi connectivity index (χ0) is 14.9. The molecule has 3 rings (SSSR count). The van der Waals surface area contributed by atoms with Crippen LogP contribution in [-0.4, -0.2) is 17.4 Å². The molecule has 108 valence electrons. The number of nitrogens with zero attached hydrogens (tertiary/aromatic N) is 1. The number of aryl methyl sites for hydroxylation is 1. The van der Waals surface area contributed by atoms with Crippen LogP contribution in [0.5, 0.6) is 0 Å². The van der Waals surface area contributed by atoms with Crippen LogP contribution in [0.15, 0.2) is 54.6 Å². The van der Waals surface area contributed by atoms with Gasteiger partial charge >= 0.3 is 0 Å². The fraction of sp³-hybridized carbons (Fsp3) is 0.316. The maximum absolute atomic E-state index is 12.6. The Hall–Kier alpha value is -2.09. The van der Waals surface area contributed by atoms with Crippen LogP contribution in [0.25, 0.3) is 0 Å². The topological polar surface area (TPSA) is 20.3 Å². The molecule has 0 bridgehead atoms. The van der Waals surface area contributed by atoms with Crippen molar-refractivity contribution >= 4 is 5.91 Å². The lowest BCUT2D eigenvalue weighted by Gasteiger charge is -2.32. The fourth-order valence-electron chi connectivity index (χ4n) is 3.21. The summed E-state index contributed by atoms with van der Waals surface area (Å²) in [5, 5.41) is 0. The third-order valence-corrected chi connectivity index (χ3v) is 4.43. The number of hydrogen-bond acceptors (Lipinski definition) is 1. The van der Waals surface area contributed by atoms with E-state index in [0.717, 1.165) is 30.5 Å². The van der Waals surface area contributed by atoms with Crippen molar-refractivity contribution in [2.24, 2.45) is 0 Å². The average molecular weight is 279 g/mol. The van der Waals surface area contributed by atoms with Crippen LogP contribution in [0, 0.1) is 0 Å². The standard InChI is InChI=1S/C19H21NO/c1-19(2)17-13-7-6-12-16(17)18(21)20(19)14-8-11-15-9-4-3-5-10-15/h3-7,9-10,12-13H,8,11,14H2,1-2H3. The Labute approximate surface area is 126 Å². The van der Waals surface area contributed by atoms with Crippen molar-refractivity contribution in [3.63, 3.8) is 0 Å². The van der Waals surface area contributed by atoms with E-state index in [1.807, 2.05) is 29.2 Å². The second-order valence-corrected chi connectivity index (χ2v) is 6.15. The second-order valence-electron chi connectivity index (χ2n) is 6.15. The van der Waals surface area contributed by atoms with E-state index < -0.39 is 0 Å². The first-order valence-electron chi connectivity index (χ1n) is 7.56. The highest BCUT2D eigenvalue weighted by atomic mass is 16.2. The van der Waals surface area contributed by atoms with E-state index in [0.29, 0.717) is 0 Å². The molecule has 1 heterocycles. The van der Waals surface area contributed by atoms with E-state index in [9.17, 15) is 4.79 Å². The smallest absolute Gasteiger partial charge is 0.254 e. The third-order valence-electron chi connectivity index (χ3n) is 4.43. The summed E-state index contributed by atoms with van der Waals surface area (Å²) in [4.78, 5) is 14.6. The van der Waals surface area contributed by atoms with Crippen LogP contribution < -0.4 is 0 Å². The molecule has 0 radical (unpaired) electrons. The Bertz CT molecular complexity index is 646. The molecule has 0 aliphatic carbocycles. The molecule has 1 aliphatic heterocycles. The summed E-state index contributed by atoms with van der Waals surface area (Å²) in [7, 11) is 0. The van der Waals surface area contributed by atoms with Gasteiger partial charge in [0.05, 0.1) is 5.54 Å². The van der Waals surface area contributed by atoms with E-state index in [-0.39, 0.29) is 11.4 Å². The Morgan fingerprint density at radius 1 is 0.952 bits per heavy atom. The predicted molar refractivity (Wildman–Crippen MR) is 85.3 cm³/mol. The molecule has 1 aliphatic rings. The summed E-state index contributed by atoms with van der Waals surface area (Å²) >= 11 is 0. The van der Waals surface area contributed by atoms with Gasteiger partial charge in [0.2, 0.25) is 0 Å². The van der Waals surface area contributed by atoms with E-state index in [1.54, 1.807) is 0 Å². The van der Waals surface area contributed by atoms with Crippen molar-refractivity contribution in [1.82, 2.24) is 4.90 Å². The van der Waals surface area contributed by atoms with Crippen LogP contribution in [0.4, 0.5) is 0 Å². The molecule has 2 aromatic carbocycles. The van der Waals surface area contributed by atoms with Crippen LogP contribution in [0.2, 0.25) is 0 Å². The Morgan fingerprint density at radius 3 is 2.33 bits per heavy atom. The molecule has 0 N–H and O–H groups in total. The van der Waals surface area contributed by atoms with E-state index in [2.05, 4.69) is 44.2 Å². The minimum Gasteiger partial charge on any atom is -0.329 e. The number of carbonyl (C=O) groups is 1. The first-order chi connectivity index (χ1) is 10.1. The number of benzene rings is 2. The van der Waals surface area contributed by atoms with Crippen LogP contribution in [0.1, 0.15) is 41.8 Å². The highest BCUT2D eigenvalue weighted by molar-refractivity contribution is 5.99. The summed E-state index contributed by atoms with van der Waals surface area (Å²) in [6, 6.07) is 18.4. The maximum atomic E-state index is 12.6. The molecule has 0 atom stereocenters. The summed E-state index contributed by atoms with van der Waals surface area (Å²) in [5.74, 6) is 0.170. The Morgan fingerprint density at radius 2 is 1.62 bits per heavy atom. The first-order valence-corrected chi connectivity index (χ1v) is 7.56. The van der Waals surface area contributed by atoms with Crippen molar-refractivity contribution in [3.8, 4) is 0 Å². The Balaban J connectivity index is 1.71. The number of hydrogen-bond donors (Lipinski definition) is 0. The van der Waals surface area contributed by atoms with Gasteiger partial charge in [0.15, 0.2) is 0 Å². The van der Waals surface area contributed by atoms with Gasteiger partial charge in [-0.3, -0.25) is 4.79 Å². The van der Waals surface area contributed by atoms with Crippen LogP contribution >= 0.6 is 0 Å². The quantitative estimate of drug-likeness (QED) is 0.828. The molecule has 0 saturated carbocycles. The van der Waals surface area contributed by atoms with E-state index in [4.69, 9.17) is 0 Å². The summed E-state index contributed by atoms with van der Waals surface area (Å²) in [6.07, 6.45) is 2.00. The van der Waals surface area contributed by atoms with Crippen LogP contribution in [-0.2, 0) is 12.0 Å². The SMILES string of the molecule is CC1(C)c2ccccc2C(=O)N1CCCc1ccccc1. The lowest BCUT2D eigenvalue weighted by atomic mass is 9.94. The number of rotatable bonds is 4. The highest BCUT2D eigenvalue weighted by Crippen LogP contribution is 2.38. The molecule has 2 heteroatoms. The predicted octanol–water partition coefficient (Wildman–Crippen LogP) is 4.01. The summed E-state index contributed by atoms with van der Waals surface area (Å²) < 4.78 is 0. The van der Waals surface area contributed by atoms with Gasteiger partial charge in [-0.15, -0.1) is 0 Å². The molecule has 21 heavy (non-hydrogen) atoms. The van der Waals surface area contributed by atoms with Gasteiger partial charge < -0.3 is 4.90 Å². The lowest BCUT2D eigenvalue weighted by Crippen LogP contribution is -2.39. The number of carbonyl (C=O) groups excluding carboxylic acids is 1.